The zero-order valence-corrected chi connectivity index (χ0v) is 16.8. The molecular weight excluding hydrogens is 344 g/mol. The van der Waals surface area contributed by atoms with Crippen LogP contribution in [0.2, 0.25) is 0 Å². The maximum absolute atomic E-state index is 4.71. The average Bonchev–Trinajstić information content (AvgIpc) is 3.13. The lowest BCUT2D eigenvalue weighted by Crippen LogP contribution is -2.37. The fourth-order valence-corrected chi connectivity index (χ4v) is 3.98. The number of fused-ring (bicyclic) bond motifs is 1. The van der Waals surface area contributed by atoms with Crippen LogP contribution < -0.4 is 16.0 Å². The minimum atomic E-state index is 0.204. The molecule has 1 fully saturated rings. The summed E-state index contributed by atoms with van der Waals surface area (Å²) < 4.78 is 0. The van der Waals surface area contributed by atoms with Crippen molar-refractivity contribution in [1.82, 2.24) is 20.4 Å². The van der Waals surface area contributed by atoms with E-state index in [2.05, 4.69) is 73.6 Å². The van der Waals surface area contributed by atoms with E-state index in [1.807, 2.05) is 12.3 Å². The lowest BCUT2D eigenvalue weighted by atomic mass is 9.99. The van der Waals surface area contributed by atoms with Crippen molar-refractivity contribution in [1.29, 1.82) is 0 Å². The standard InChI is InChI=1S/C24H26N4/c1-6-16(3)28-23(19-9-7-15(2)8-10-19)13-21(27-28)24-17(4)20-11-12-25-14-22(20)26-18(24)5/h7-12,14,23,27H,3,5-6,13H2,1-2,4H3. The molecule has 4 heteroatoms. The first-order valence-corrected chi connectivity index (χ1v) is 9.72. The fourth-order valence-electron chi connectivity index (χ4n) is 3.98. The minimum absolute atomic E-state index is 0.204. The topological polar surface area (TPSA) is 41.0 Å². The van der Waals surface area contributed by atoms with Crippen molar-refractivity contribution in [2.45, 2.75) is 39.7 Å². The quantitative estimate of drug-likeness (QED) is 0.764. The molecule has 142 valence electrons. The van der Waals surface area contributed by atoms with E-state index < -0.39 is 0 Å². The summed E-state index contributed by atoms with van der Waals surface area (Å²) in [7, 11) is 0. The summed E-state index contributed by atoms with van der Waals surface area (Å²) in [5, 5.41) is 5.20. The number of aryl methyl sites for hydroxylation is 2. The van der Waals surface area contributed by atoms with Gasteiger partial charge in [0.05, 0.1) is 23.1 Å². The summed E-state index contributed by atoms with van der Waals surface area (Å²) in [6.45, 7) is 14.9. The van der Waals surface area contributed by atoms with E-state index >= 15 is 0 Å². The normalized spacial score (nSPS) is 18.4. The number of allylic oxidation sites excluding steroid dienone is 1. The largest absolute Gasteiger partial charge is 0.301 e. The highest BCUT2D eigenvalue weighted by Crippen LogP contribution is 2.35. The van der Waals surface area contributed by atoms with Gasteiger partial charge in [-0.05, 0) is 37.5 Å². The van der Waals surface area contributed by atoms with Crippen molar-refractivity contribution in [2.24, 2.45) is 0 Å². The predicted octanol–water partition coefficient (Wildman–Crippen LogP) is 3.64. The Hall–Kier alpha value is -3.14. The smallest absolute Gasteiger partial charge is 0.0895 e. The van der Waals surface area contributed by atoms with Crippen LogP contribution in [0.25, 0.3) is 23.2 Å². The molecule has 1 aliphatic rings. The zero-order chi connectivity index (χ0) is 19.8. The molecule has 0 bridgehead atoms. The Morgan fingerprint density at radius 3 is 2.68 bits per heavy atom. The molecule has 4 rings (SSSR count). The van der Waals surface area contributed by atoms with E-state index in [0.29, 0.717) is 0 Å². The molecular formula is C24H26N4. The van der Waals surface area contributed by atoms with Crippen LogP contribution in [0.3, 0.4) is 0 Å². The van der Waals surface area contributed by atoms with E-state index in [0.717, 1.165) is 45.7 Å². The SMILES string of the molecule is C=C(CC)N1NC(=c2c(C)c3ccncc3nc2=C)CC1c1ccc(C)cc1. The van der Waals surface area contributed by atoms with E-state index in [-0.39, 0.29) is 6.04 Å². The van der Waals surface area contributed by atoms with Gasteiger partial charge in [-0.2, -0.15) is 0 Å². The second-order valence-corrected chi connectivity index (χ2v) is 7.46. The number of benzene rings is 1. The lowest BCUT2D eigenvalue weighted by Gasteiger charge is -2.27. The summed E-state index contributed by atoms with van der Waals surface area (Å²) in [6.07, 6.45) is 5.37. The number of nitrogens with zero attached hydrogens (tertiary/aromatic N) is 3. The molecule has 1 atom stereocenters. The Balaban J connectivity index is 1.90. The number of rotatable bonds is 3. The fraction of sp³-hybridized carbons (Fsp3) is 0.250. The molecule has 1 unspecified atom stereocenters. The van der Waals surface area contributed by atoms with Crippen molar-refractivity contribution in [3.63, 3.8) is 0 Å². The van der Waals surface area contributed by atoms with Crippen LogP contribution in [0.5, 0.6) is 0 Å². The van der Waals surface area contributed by atoms with Gasteiger partial charge in [0.15, 0.2) is 0 Å². The summed E-state index contributed by atoms with van der Waals surface area (Å²) in [5.41, 5.74) is 10.5. The molecule has 0 aliphatic carbocycles. The summed E-state index contributed by atoms with van der Waals surface area (Å²) in [4.78, 5) is 8.90. The van der Waals surface area contributed by atoms with Gasteiger partial charge in [0, 0.05) is 34.6 Å². The van der Waals surface area contributed by atoms with Crippen molar-refractivity contribution in [3.05, 3.63) is 82.3 Å². The van der Waals surface area contributed by atoms with Crippen LogP contribution in [0.1, 0.15) is 42.5 Å². The Bertz CT molecular complexity index is 1160. The maximum Gasteiger partial charge on any atom is 0.0895 e. The number of nitrogens with one attached hydrogen (secondary N) is 1. The van der Waals surface area contributed by atoms with E-state index in [1.54, 1.807) is 6.20 Å². The van der Waals surface area contributed by atoms with Gasteiger partial charge in [0.1, 0.15) is 0 Å². The molecule has 28 heavy (non-hydrogen) atoms. The highest BCUT2D eigenvalue weighted by atomic mass is 15.6. The van der Waals surface area contributed by atoms with E-state index in [4.69, 9.17) is 4.98 Å². The van der Waals surface area contributed by atoms with Gasteiger partial charge in [0.25, 0.3) is 0 Å². The number of hydrogen-bond acceptors (Lipinski definition) is 4. The molecule has 4 nitrogen and oxygen atoms in total. The monoisotopic (exact) mass is 370 g/mol. The molecule has 0 saturated carbocycles. The van der Waals surface area contributed by atoms with Gasteiger partial charge in [0.2, 0.25) is 0 Å². The molecule has 1 aliphatic heterocycles. The molecule has 3 aromatic rings. The summed E-state index contributed by atoms with van der Waals surface area (Å²) >= 11 is 0. The minimum Gasteiger partial charge on any atom is -0.301 e. The molecule has 3 heterocycles. The van der Waals surface area contributed by atoms with Gasteiger partial charge in [-0.25, -0.2) is 4.98 Å². The van der Waals surface area contributed by atoms with Crippen molar-refractivity contribution in [3.8, 4) is 0 Å². The summed E-state index contributed by atoms with van der Waals surface area (Å²) in [5.74, 6) is 0. The van der Waals surface area contributed by atoms with Gasteiger partial charge >= 0.3 is 0 Å². The summed E-state index contributed by atoms with van der Waals surface area (Å²) in [6, 6.07) is 11.0. The van der Waals surface area contributed by atoms with Gasteiger partial charge in [-0.1, -0.05) is 49.9 Å². The van der Waals surface area contributed by atoms with Crippen LogP contribution in [-0.4, -0.2) is 15.0 Å². The molecule has 0 amide bonds. The Labute approximate surface area is 165 Å². The number of pyridine rings is 2. The highest BCUT2D eigenvalue weighted by molar-refractivity contribution is 5.81. The molecule has 0 radical (unpaired) electrons. The molecule has 1 aromatic carbocycles. The number of hydrogen-bond donors (Lipinski definition) is 1. The Morgan fingerprint density at radius 2 is 1.96 bits per heavy atom. The van der Waals surface area contributed by atoms with Crippen molar-refractivity contribution >= 4 is 23.2 Å². The molecule has 2 aromatic heterocycles. The molecule has 1 N–H and O–H groups in total. The number of aromatic nitrogens is 2. The first-order valence-electron chi connectivity index (χ1n) is 9.72. The van der Waals surface area contributed by atoms with Crippen LogP contribution in [0.15, 0.2) is 55.0 Å². The first-order chi connectivity index (χ1) is 13.5. The van der Waals surface area contributed by atoms with Crippen LogP contribution in [-0.2, 0) is 0 Å². The maximum atomic E-state index is 4.71. The molecule has 0 spiro atoms. The van der Waals surface area contributed by atoms with Crippen molar-refractivity contribution < 1.29 is 0 Å². The van der Waals surface area contributed by atoms with Crippen LogP contribution >= 0.6 is 0 Å². The first kappa shape index (κ1) is 18.2. The van der Waals surface area contributed by atoms with Gasteiger partial charge in [-0.15, -0.1) is 0 Å². The van der Waals surface area contributed by atoms with Crippen molar-refractivity contribution in [2.75, 3.05) is 0 Å². The second-order valence-electron chi connectivity index (χ2n) is 7.46. The average molecular weight is 371 g/mol. The van der Waals surface area contributed by atoms with E-state index in [9.17, 15) is 0 Å². The lowest BCUT2D eigenvalue weighted by molar-refractivity contribution is 0.253. The third-order valence-corrected chi connectivity index (χ3v) is 5.60. The third kappa shape index (κ3) is 3.05. The Kier molecular flexibility index (Phi) is 4.63. The number of hydrazine groups is 1. The predicted molar refractivity (Wildman–Crippen MR) is 115 cm³/mol. The van der Waals surface area contributed by atoms with E-state index in [1.165, 1.54) is 16.7 Å². The van der Waals surface area contributed by atoms with Gasteiger partial charge < -0.3 is 5.43 Å². The second kappa shape index (κ2) is 7.12. The Morgan fingerprint density at radius 1 is 1.21 bits per heavy atom. The van der Waals surface area contributed by atoms with Crippen LogP contribution in [0.4, 0.5) is 0 Å². The zero-order valence-electron chi connectivity index (χ0n) is 16.8. The third-order valence-electron chi connectivity index (χ3n) is 5.60. The highest BCUT2D eigenvalue weighted by Gasteiger charge is 2.30. The molecule has 1 saturated heterocycles. The van der Waals surface area contributed by atoms with Crippen LogP contribution in [0, 0.1) is 13.8 Å². The van der Waals surface area contributed by atoms with Gasteiger partial charge in [-0.3, -0.25) is 9.99 Å².